The molecule has 2 N–H and O–H groups in total. The van der Waals surface area contributed by atoms with Gasteiger partial charge in [-0.2, -0.15) is 5.10 Å². The normalized spacial score (nSPS) is 14.7. The molecule has 1 aliphatic rings. The second-order valence-corrected chi connectivity index (χ2v) is 8.01. The van der Waals surface area contributed by atoms with E-state index < -0.39 is 0 Å². The Hall–Kier alpha value is -2.67. The SMILES string of the molecule is CCC(C)n1nc(C)cc1NC(=O)c1ccc2sc3c(c2c1)CCNC3=O. The van der Waals surface area contributed by atoms with Crippen LogP contribution in [0.15, 0.2) is 24.3 Å². The van der Waals surface area contributed by atoms with Crippen molar-refractivity contribution in [3.63, 3.8) is 0 Å². The van der Waals surface area contributed by atoms with Crippen LogP contribution in [0.1, 0.15) is 57.6 Å². The largest absolute Gasteiger partial charge is 0.351 e. The van der Waals surface area contributed by atoms with Crippen LogP contribution in [0, 0.1) is 6.92 Å². The van der Waals surface area contributed by atoms with Gasteiger partial charge in [-0.25, -0.2) is 4.68 Å². The summed E-state index contributed by atoms with van der Waals surface area (Å²) >= 11 is 1.49. The number of nitrogens with zero attached hydrogens (tertiary/aromatic N) is 2. The number of rotatable bonds is 4. The van der Waals surface area contributed by atoms with Crippen molar-refractivity contribution in [2.75, 3.05) is 11.9 Å². The van der Waals surface area contributed by atoms with Crippen LogP contribution in [0.5, 0.6) is 0 Å². The van der Waals surface area contributed by atoms with E-state index >= 15 is 0 Å². The quantitative estimate of drug-likeness (QED) is 0.718. The molecule has 2 aromatic heterocycles. The lowest BCUT2D eigenvalue weighted by Gasteiger charge is -2.14. The Morgan fingerprint density at radius 2 is 2.22 bits per heavy atom. The van der Waals surface area contributed by atoms with E-state index in [2.05, 4.69) is 29.6 Å². The van der Waals surface area contributed by atoms with Gasteiger partial charge in [-0.15, -0.1) is 11.3 Å². The molecule has 1 unspecified atom stereocenters. The lowest BCUT2D eigenvalue weighted by atomic mass is 10.0. The maximum atomic E-state index is 12.9. The summed E-state index contributed by atoms with van der Waals surface area (Å²) in [4.78, 5) is 25.7. The van der Waals surface area contributed by atoms with Gasteiger partial charge in [0.15, 0.2) is 0 Å². The molecular formula is C20H22N4O2S. The van der Waals surface area contributed by atoms with Crippen molar-refractivity contribution in [1.29, 1.82) is 0 Å². The van der Waals surface area contributed by atoms with E-state index in [0.29, 0.717) is 17.9 Å². The van der Waals surface area contributed by atoms with Crippen molar-refractivity contribution in [2.45, 2.75) is 39.7 Å². The molecule has 27 heavy (non-hydrogen) atoms. The molecule has 3 heterocycles. The van der Waals surface area contributed by atoms with E-state index in [1.165, 1.54) is 11.3 Å². The molecule has 2 amide bonds. The summed E-state index contributed by atoms with van der Waals surface area (Å²) in [5.41, 5.74) is 2.51. The molecule has 0 saturated carbocycles. The number of aryl methyl sites for hydroxylation is 1. The van der Waals surface area contributed by atoms with Gasteiger partial charge in [0.05, 0.1) is 16.6 Å². The van der Waals surface area contributed by atoms with Crippen molar-refractivity contribution in [1.82, 2.24) is 15.1 Å². The van der Waals surface area contributed by atoms with Gasteiger partial charge in [-0.1, -0.05) is 6.92 Å². The van der Waals surface area contributed by atoms with Gasteiger partial charge < -0.3 is 10.6 Å². The fourth-order valence-electron chi connectivity index (χ4n) is 3.41. The van der Waals surface area contributed by atoms with E-state index in [1.54, 1.807) is 0 Å². The van der Waals surface area contributed by atoms with E-state index in [-0.39, 0.29) is 17.9 Å². The number of carbonyl (C=O) groups excluding carboxylic acids is 2. The highest BCUT2D eigenvalue weighted by Gasteiger charge is 2.23. The van der Waals surface area contributed by atoms with Crippen LogP contribution in [0.2, 0.25) is 0 Å². The Balaban J connectivity index is 1.67. The average Bonchev–Trinajstić information content (AvgIpc) is 3.21. The summed E-state index contributed by atoms with van der Waals surface area (Å²) in [6.07, 6.45) is 1.73. The highest BCUT2D eigenvalue weighted by atomic mass is 32.1. The van der Waals surface area contributed by atoms with Gasteiger partial charge in [0, 0.05) is 22.9 Å². The molecule has 1 aliphatic heterocycles. The second kappa shape index (κ2) is 6.81. The minimum atomic E-state index is -0.165. The Labute approximate surface area is 161 Å². The number of hydrogen-bond acceptors (Lipinski definition) is 4. The Morgan fingerprint density at radius 3 is 3.00 bits per heavy atom. The molecule has 0 saturated heterocycles. The number of benzene rings is 1. The first-order chi connectivity index (χ1) is 13.0. The summed E-state index contributed by atoms with van der Waals surface area (Å²) in [5.74, 6) is 0.525. The van der Waals surface area contributed by atoms with Gasteiger partial charge in [-0.05, 0) is 55.8 Å². The molecule has 3 aromatic rings. The average molecular weight is 382 g/mol. The molecule has 0 bridgehead atoms. The molecule has 140 valence electrons. The first kappa shape index (κ1) is 17.7. The van der Waals surface area contributed by atoms with Gasteiger partial charge in [0.25, 0.3) is 11.8 Å². The zero-order chi connectivity index (χ0) is 19.1. The van der Waals surface area contributed by atoms with E-state index in [1.807, 2.05) is 35.9 Å². The van der Waals surface area contributed by atoms with Gasteiger partial charge in [0.2, 0.25) is 0 Å². The second-order valence-electron chi connectivity index (χ2n) is 6.95. The molecule has 0 spiro atoms. The minimum absolute atomic E-state index is 0.0172. The van der Waals surface area contributed by atoms with Gasteiger partial charge in [-0.3, -0.25) is 9.59 Å². The summed E-state index contributed by atoms with van der Waals surface area (Å²) in [7, 11) is 0. The van der Waals surface area contributed by atoms with E-state index in [0.717, 1.165) is 39.1 Å². The first-order valence-corrected chi connectivity index (χ1v) is 10.0. The third-order valence-corrected chi connectivity index (χ3v) is 6.24. The number of nitrogens with one attached hydrogen (secondary N) is 2. The Morgan fingerprint density at radius 1 is 1.41 bits per heavy atom. The van der Waals surface area contributed by atoms with E-state index in [4.69, 9.17) is 0 Å². The number of fused-ring (bicyclic) bond motifs is 3. The maximum Gasteiger partial charge on any atom is 0.261 e. The molecule has 6 nitrogen and oxygen atoms in total. The van der Waals surface area contributed by atoms with Crippen molar-refractivity contribution in [2.24, 2.45) is 0 Å². The summed E-state index contributed by atoms with van der Waals surface area (Å²) < 4.78 is 2.90. The standard InChI is InChI=1S/C20H22N4O2S/c1-4-12(3)24-17(9-11(2)23-24)22-19(25)13-5-6-16-15(10-13)14-7-8-21-20(26)18(14)27-16/h5-6,9-10,12H,4,7-8H2,1-3H3,(H,21,26)(H,22,25). The molecule has 0 radical (unpaired) electrons. The molecule has 4 rings (SSSR count). The lowest BCUT2D eigenvalue weighted by molar-refractivity contribution is 0.0950. The number of thiophene rings is 1. The number of hydrogen-bond donors (Lipinski definition) is 2. The fourth-order valence-corrected chi connectivity index (χ4v) is 4.56. The van der Waals surface area contributed by atoms with Crippen LogP contribution in [-0.2, 0) is 6.42 Å². The lowest BCUT2D eigenvalue weighted by Crippen LogP contribution is -2.30. The summed E-state index contributed by atoms with van der Waals surface area (Å²) in [6, 6.07) is 7.74. The molecule has 1 atom stereocenters. The monoisotopic (exact) mass is 382 g/mol. The van der Waals surface area contributed by atoms with Gasteiger partial charge >= 0.3 is 0 Å². The molecule has 1 aromatic carbocycles. The first-order valence-electron chi connectivity index (χ1n) is 9.19. The third-order valence-electron chi connectivity index (χ3n) is 5.03. The van der Waals surface area contributed by atoms with Crippen LogP contribution in [-0.4, -0.2) is 28.1 Å². The van der Waals surface area contributed by atoms with Crippen LogP contribution in [0.3, 0.4) is 0 Å². The molecule has 7 heteroatoms. The minimum Gasteiger partial charge on any atom is -0.351 e. The maximum absolute atomic E-state index is 12.9. The number of amides is 2. The van der Waals surface area contributed by atoms with Crippen LogP contribution in [0.4, 0.5) is 5.82 Å². The molecule has 0 aliphatic carbocycles. The smallest absolute Gasteiger partial charge is 0.261 e. The highest BCUT2D eigenvalue weighted by molar-refractivity contribution is 7.21. The predicted molar refractivity (Wildman–Crippen MR) is 108 cm³/mol. The van der Waals surface area contributed by atoms with Crippen molar-refractivity contribution < 1.29 is 9.59 Å². The van der Waals surface area contributed by atoms with Crippen molar-refractivity contribution in [3.05, 3.63) is 46.0 Å². The molecule has 0 fully saturated rings. The zero-order valence-electron chi connectivity index (χ0n) is 15.6. The predicted octanol–water partition coefficient (Wildman–Crippen LogP) is 3.92. The number of anilines is 1. The van der Waals surface area contributed by atoms with Gasteiger partial charge in [0.1, 0.15) is 5.82 Å². The van der Waals surface area contributed by atoms with E-state index in [9.17, 15) is 9.59 Å². The number of aromatic nitrogens is 2. The zero-order valence-corrected chi connectivity index (χ0v) is 16.4. The summed E-state index contributed by atoms with van der Waals surface area (Å²) in [5, 5.41) is 11.4. The fraction of sp³-hybridized carbons (Fsp3) is 0.350. The van der Waals surface area contributed by atoms with Crippen molar-refractivity contribution >= 4 is 39.1 Å². The summed E-state index contributed by atoms with van der Waals surface area (Å²) in [6.45, 7) is 6.73. The van der Waals surface area contributed by atoms with Crippen LogP contribution in [0.25, 0.3) is 10.1 Å². The highest BCUT2D eigenvalue weighted by Crippen LogP contribution is 2.34. The van der Waals surface area contributed by atoms with Crippen LogP contribution < -0.4 is 10.6 Å². The Bertz CT molecular complexity index is 1050. The van der Waals surface area contributed by atoms with Crippen LogP contribution >= 0.6 is 11.3 Å². The molecular weight excluding hydrogens is 360 g/mol. The topological polar surface area (TPSA) is 76.0 Å². The number of carbonyl (C=O) groups is 2. The van der Waals surface area contributed by atoms with Crippen molar-refractivity contribution in [3.8, 4) is 0 Å². The third kappa shape index (κ3) is 3.12. The Kier molecular flexibility index (Phi) is 4.47.